The molecule has 31 heavy (non-hydrogen) atoms. The monoisotopic (exact) mass is 421 g/mol. The van der Waals surface area contributed by atoms with E-state index in [4.69, 9.17) is 10.00 Å². The lowest BCUT2D eigenvalue weighted by molar-refractivity contribution is -0.116. The first-order valence-electron chi connectivity index (χ1n) is 10.6. The van der Waals surface area contributed by atoms with Gasteiger partial charge in [-0.2, -0.15) is 5.26 Å². The van der Waals surface area contributed by atoms with Crippen LogP contribution in [0, 0.1) is 23.1 Å². The SMILES string of the molecule is COc1ccc(C#N)cc1C=CC(=O)NCCN1CCC(Cc2ccc(F)cc2)CC1. The van der Waals surface area contributed by atoms with Gasteiger partial charge >= 0.3 is 0 Å². The number of hydrogen-bond acceptors (Lipinski definition) is 4. The fraction of sp³-hybridized carbons (Fsp3) is 0.360. The van der Waals surface area contributed by atoms with Crippen molar-refractivity contribution in [3.8, 4) is 11.8 Å². The summed E-state index contributed by atoms with van der Waals surface area (Å²) in [6.45, 7) is 3.42. The van der Waals surface area contributed by atoms with E-state index in [9.17, 15) is 9.18 Å². The Bertz CT molecular complexity index is 942. The molecule has 6 heteroatoms. The Balaban J connectivity index is 1.38. The molecule has 2 aromatic carbocycles. The van der Waals surface area contributed by atoms with Crippen LogP contribution in [0.25, 0.3) is 6.08 Å². The number of carbonyl (C=O) groups is 1. The number of nitrogens with one attached hydrogen (secondary N) is 1. The van der Waals surface area contributed by atoms with E-state index in [0.29, 0.717) is 29.3 Å². The molecular formula is C25H28FN3O2. The summed E-state index contributed by atoms with van der Waals surface area (Å²) in [4.78, 5) is 14.5. The third-order valence-corrected chi connectivity index (χ3v) is 5.65. The van der Waals surface area contributed by atoms with Gasteiger partial charge < -0.3 is 15.0 Å². The average molecular weight is 422 g/mol. The van der Waals surface area contributed by atoms with Crippen LogP contribution in [0.15, 0.2) is 48.5 Å². The van der Waals surface area contributed by atoms with Gasteiger partial charge in [-0.3, -0.25) is 4.79 Å². The molecule has 3 rings (SSSR count). The number of ether oxygens (including phenoxy) is 1. The van der Waals surface area contributed by atoms with Gasteiger partial charge in [0.25, 0.3) is 0 Å². The molecule has 0 bridgehead atoms. The maximum absolute atomic E-state index is 13.0. The first-order chi connectivity index (χ1) is 15.1. The normalized spacial score (nSPS) is 15.0. The van der Waals surface area contributed by atoms with E-state index < -0.39 is 0 Å². The Morgan fingerprint density at radius 3 is 2.68 bits per heavy atom. The first kappa shape index (κ1) is 22.5. The van der Waals surface area contributed by atoms with Crippen LogP contribution in [0.1, 0.15) is 29.5 Å². The predicted octanol–water partition coefficient (Wildman–Crippen LogP) is 3.79. The van der Waals surface area contributed by atoms with Gasteiger partial charge in [-0.1, -0.05) is 12.1 Å². The van der Waals surface area contributed by atoms with E-state index >= 15 is 0 Å². The van der Waals surface area contributed by atoms with Crippen molar-refractivity contribution in [3.63, 3.8) is 0 Å². The summed E-state index contributed by atoms with van der Waals surface area (Å²) in [5.41, 5.74) is 2.40. The standard InChI is InChI=1S/C25H28FN3O2/c1-31-24-8-4-21(18-27)17-22(24)5-9-25(30)28-12-15-29-13-10-20(11-14-29)16-19-2-6-23(26)7-3-19/h2-9,17,20H,10-16H2,1H3,(H,28,30). The molecule has 0 aliphatic carbocycles. The van der Waals surface area contributed by atoms with Crippen molar-refractivity contribution < 1.29 is 13.9 Å². The van der Waals surface area contributed by atoms with Crippen LogP contribution >= 0.6 is 0 Å². The van der Waals surface area contributed by atoms with Crippen molar-refractivity contribution in [2.24, 2.45) is 5.92 Å². The minimum atomic E-state index is -0.190. The average Bonchev–Trinajstić information content (AvgIpc) is 2.80. The van der Waals surface area contributed by atoms with E-state index in [0.717, 1.165) is 38.9 Å². The molecule has 0 aromatic heterocycles. The van der Waals surface area contributed by atoms with E-state index in [1.54, 1.807) is 31.4 Å². The third kappa shape index (κ3) is 6.94. The summed E-state index contributed by atoms with van der Waals surface area (Å²) < 4.78 is 18.3. The quantitative estimate of drug-likeness (QED) is 0.659. The van der Waals surface area contributed by atoms with Gasteiger partial charge in [-0.25, -0.2) is 4.39 Å². The van der Waals surface area contributed by atoms with Crippen molar-refractivity contribution in [2.75, 3.05) is 33.3 Å². The van der Waals surface area contributed by atoms with Crippen molar-refractivity contribution in [2.45, 2.75) is 19.3 Å². The Morgan fingerprint density at radius 1 is 1.26 bits per heavy atom. The van der Waals surface area contributed by atoms with Crippen LogP contribution in [-0.4, -0.2) is 44.1 Å². The number of likely N-dealkylation sites (tertiary alicyclic amines) is 1. The highest BCUT2D eigenvalue weighted by molar-refractivity contribution is 5.92. The van der Waals surface area contributed by atoms with Crippen molar-refractivity contribution in [3.05, 3.63) is 71.0 Å². The Hall–Kier alpha value is -3.17. The van der Waals surface area contributed by atoms with Gasteiger partial charge in [0.2, 0.25) is 5.91 Å². The van der Waals surface area contributed by atoms with Crippen LogP contribution in [-0.2, 0) is 11.2 Å². The van der Waals surface area contributed by atoms with Gasteiger partial charge in [0, 0.05) is 24.7 Å². The summed E-state index contributed by atoms with van der Waals surface area (Å²) in [5.74, 6) is 0.880. The zero-order valence-corrected chi connectivity index (χ0v) is 17.8. The molecule has 1 aliphatic rings. The molecule has 2 aromatic rings. The Kier molecular flexibility index (Phi) is 8.19. The second-order valence-corrected chi connectivity index (χ2v) is 7.81. The summed E-state index contributed by atoms with van der Waals surface area (Å²) in [6.07, 6.45) is 6.34. The minimum Gasteiger partial charge on any atom is -0.496 e. The fourth-order valence-corrected chi connectivity index (χ4v) is 3.86. The smallest absolute Gasteiger partial charge is 0.244 e. The summed E-state index contributed by atoms with van der Waals surface area (Å²) in [5, 5.41) is 11.9. The molecule has 1 N–H and O–H groups in total. The number of nitriles is 1. The van der Waals surface area contributed by atoms with Crippen LogP contribution in [0.3, 0.4) is 0 Å². The van der Waals surface area contributed by atoms with Crippen molar-refractivity contribution in [1.82, 2.24) is 10.2 Å². The van der Waals surface area contributed by atoms with E-state index in [-0.39, 0.29) is 11.7 Å². The summed E-state index contributed by atoms with van der Waals surface area (Å²) in [7, 11) is 1.56. The lowest BCUT2D eigenvalue weighted by atomic mass is 9.90. The molecule has 1 saturated heterocycles. The Morgan fingerprint density at radius 2 is 2.00 bits per heavy atom. The molecule has 0 atom stereocenters. The molecular weight excluding hydrogens is 393 g/mol. The topological polar surface area (TPSA) is 65.4 Å². The summed E-state index contributed by atoms with van der Waals surface area (Å²) in [6, 6.07) is 14.0. The molecule has 1 amide bonds. The predicted molar refractivity (Wildman–Crippen MR) is 119 cm³/mol. The van der Waals surface area contributed by atoms with E-state index in [1.807, 2.05) is 12.1 Å². The van der Waals surface area contributed by atoms with E-state index in [2.05, 4.69) is 16.3 Å². The van der Waals surface area contributed by atoms with E-state index in [1.165, 1.54) is 23.8 Å². The fourth-order valence-electron chi connectivity index (χ4n) is 3.86. The number of benzene rings is 2. The number of nitrogens with zero attached hydrogens (tertiary/aromatic N) is 2. The second kappa shape index (κ2) is 11.3. The largest absolute Gasteiger partial charge is 0.496 e. The summed E-state index contributed by atoms with van der Waals surface area (Å²) >= 11 is 0. The number of hydrogen-bond donors (Lipinski definition) is 1. The van der Waals surface area contributed by atoms with Crippen molar-refractivity contribution >= 4 is 12.0 Å². The number of rotatable bonds is 8. The maximum atomic E-state index is 13.0. The molecule has 162 valence electrons. The molecule has 0 saturated carbocycles. The van der Waals surface area contributed by atoms with Gasteiger partial charge in [0.1, 0.15) is 11.6 Å². The molecule has 0 unspecified atom stereocenters. The van der Waals surface area contributed by atoms with Crippen LogP contribution in [0.4, 0.5) is 4.39 Å². The Labute approximate surface area is 183 Å². The number of amides is 1. The van der Waals surface area contributed by atoms with Gasteiger partial charge in [-0.05, 0) is 80.2 Å². The molecule has 5 nitrogen and oxygen atoms in total. The maximum Gasteiger partial charge on any atom is 0.244 e. The minimum absolute atomic E-state index is 0.171. The number of piperidine rings is 1. The number of methoxy groups -OCH3 is 1. The van der Waals surface area contributed by atoms with Gasteiger partial charge in [-0.15, -0.1) is 0 Å². The lowest BCUT2D eigenvalue weighted by Gasteiger charge is -2.32. The van der Waals surface area contributed by atoms with Crippen LogP contribution in [0.2, 0.25) is 0 Å². The number of halogens is 1. The van der Waals surface area contributed by atoms with Crippen molar-refractivity contribution in [1.29, 1.82) is 5.26 Å². The zero-order valence-electron chi connectivity index (χ0n) is 17.8. The molecule has 1 fully saturated rings. The zero-order chi connectivity index (χ0) is 22.1. The van der Waals surface area contributed by atoms with Gasteiger partial charge in [0.15, 0.2) is 0 Å². The highest BCUT2D eigenvalue weighted by Crippen LogP contribution is 2.22. The number of carbonyl (C=O) groups excluding carboxylic acids is 1. The molecule has 1 heterocycles. The van der Waals surface area contributed by atoms with Crippen LogP contribution in [0.5, 0.6) is 5.75 Å². The van der Waals surface area contributed by atoms with Gasteiger partial charge in [0.05, 0.1) is 18.7 Å². The first-order valence-corrected chi connectivity index (χ1v) is 10.6. The highest BCUT2D eigenvalue weighted by Gasteiger charge is 2.19. The lowest BCUT2D eigenvalue weighted by Crippen LogP contribution is -2.39. The third-order valence-electron chi connectivity index (χ3n) is 5.65. The molecule has 0 radical (unpaired) electrons. The molecule has 1 aliphatic heterocycles. The van der Waals surface area contributed by atoms with Crippen LogP contribution < -0.4 is 10.1 Å². The second-order valence-electron chi connectivity index (χ2n) is 7.81. The molecule has 0 spiro atoms. The highest BCUT2D eigenvalue weighted by atomic mass is 19.1.